The van der Waals surface area contributed by atoms with Crippen molar-refractivity contribution >= 4 is 40.5 Å². The Hall–Kier alpha value is -3.01. The molecule has 2 unspecified atom stereocenters. The first-order valence-corrected chi connectivity index (χ1v) is 10.9. The van der Waals surface area contributed by atoms with E-state index < -0.39 is 5.54 Å². The highest BCUT2D eigenvalue weighted by Gasteiger charge is 2.59. The zero-order valence-corrected chi connectivity index (χ0v) is 19.1. The van der Waals surface area contributed by atoms with Crippen molar-refractivity contribution in [3.63, 3.8) is 0 Å². The summed E-state index contributed by atoms with van der Waals surface area (Å²) in [6.07, 6.45) is 0.828. The Kier molecular flexibility index (Phi) is 5.89. The number of halogens is 2. The Balaban J connectivity index is 1.81. The van der Waals surface area contributed by atoms with Crippen LogP contribution in [0.25, 0.3) is 5.57 Å². The zero-order chi connectivity index (χ0) is 23.0. The molecule has 1 saturated heterocycles. The SMILES string of the molecule is COC1=C(c2cc(Cl)cc(Cl)c2)C(=O)C2(Cc3ccc(C#N)cc3)CC(NC(C)=O)CN12. The molecule has 2 heterocycles. The first-order chi connectivity index (χ1) is 15.3. The molecule has 2 aromatic carbocycles. The molecule has 32 heavy (non-hydrogen) atoms. The van der Waals surface area contributed by atoms with Gasteiger partial charge in [-0.3, -0.25) is 9.59 Å². The van der Waals surface area contributed by atoms with E-state index in [1.54, 1.807) is 30.3 Å². The molecular weight excluding hydrogens is 449 g/mol. The molecule has 0 saturated carbocycles. The van der Waals surface area contributed by atoms with Crippen molar-refractivity contribution in [1.82, 2.24) is 10.2 Å². The number of hydrogen-bond donors (Lipinski definition) is 1. The number of rotatable bonds is 5. The van der Waals surface area contributed by atoms with E-state index in [0.717, 1.165) is 5.56 Å². The second-order valence-electron chi connectivity index (χ2n) is 8.10. The molecule has 2 aliphatic rings. The van der Waals surface area contributed by atoms with Crippen molar-refractivity contribution < 1.29 is 14.3 Å². The Morgan fingerprint density at radius 3 is 2.47 bits per heavy atom. The quantitative estimate of drug-likeness (QED) is 0.716. The molecular formula is C24H21Cl2N3O3. The number of carbonyl (C=O) groups is 2. The molecule has 1 N–H and O–H groups in total. The fourth-order valence-electron chi connectivity index (χ4n) is 4.77. The second-order valence-corrected chi connectivity index (χ2v) is 8.97. The number of hydrogen-bond acceptors (Lipinski definition) is 5. The minimum Gasteiger partial charge on any atom is -0.482 e. The van der Waals surface area contributed by atoms with Crippen molar-refractivity contribution in [2.24, 2.45) is 0 Å². The highest BCUT2D eigenvalue weighted by Crippen LogP contribution is 2.48. The summed E-state index contributed by atoms with van der Waals surface area (Å²) in [5.41, 5.74) is 1.54. The van der Waals surface area contributed by atoms with E-state index in [0.29, 0.717) is 52.0 Å². The Bertz CT molecular complexity index is 1150. The van der Waals surface area contributed by atoms with Crippen LogP contribution >= 0.6 is 23.2 Å². The molecule has 164 valence electrons. The molecule has 2 aromatic rings. The van der Waals surface area contributed by atoms with E-state index >= 15 is 0 Å². The highest BCUT2D eigenvalue weighted by molar-refractivity contribution is 6.36. The third kappa shape index (κ3) is 3.83. The summed E-state index contributed by atoms with van der Waals surface area (Å²) in [7, 11) is 1.53. The second kappa shape index (κ2) is 8.50. The van der Waals surface area contributed by atoms with Crippen LogP contribution in [0.15, 0.2) is 48.3 Å². The van der Waals surface area contributed by atoms with E-state index in [1.165, 1.54) is 14.0 Å². The molecule has 8 heteroatoms. The maximum atomic E-state index is 14.0. The average molecular weight is 470 g/mol. The van der Waals surface area contributed by atoms with Crippen LogP contribution in [0.3, 0.4) is 0 Å². The first kappa shape index (κ1) is 22.2. The van der Waals surface area contributed by atoms with Gasteiger partial charge in [-0.05, 0) is 41.5 Å². The lowest BCUT2D eigenvalue weighted by molar-refractivity contribution is -0.122. The average Bonchev–Trinajstić information content (AvgIpc) is 3.18. The number of ether oxygens (including phenoxy) is 1. The van der Waals surface area contributed by atoms with Gasteiger partial charge in [-0.25, -0.2) is 0 Å². The van der Waals surface area contributed by atoms with E-state index in [-0.39, 0.29) is 17.7 Å². The fraction of sp³-hybridized carbons (Fsp3) is 0.292. The van der Waals surface area contributed by atoms with Gasteiger partial charge in [-0.1, -0.05) is 35.3 Å². The van der Waals surface area contributed by atoms with Crippen molar-refractivity contribution in [2.45, 2.75) is 31.3 Å². The molecule has 4 rings (SSSR count). The lowest BCUT2D eigenvalue weighted by atomic mass is 9.81. The highest BCUT2D eigenvalue weighted by atomic mass is 35.5. The van der Waals surface area contributed by atoms with Crippen LogP contribution in [0.2, 0.25) is 10.0 Å². The lowest BCUT2D eigenvalue weighted by Crippen LogP contribution is -2.47. The smallest absolute Gasteiger partial charge is 0.217 e. The van der Waals surface area contributed by atoms with Crippen LogP contribution in [0, 0.1) is 11.3 Å². The molecule has 1 amide bonds. The summed E-state index contributed by atoms with van der Waals surface area (Å²) in [6, 6.07) is 14.1. The van der Waals surface area contributed by atoms with Gasteiger partial charge in [-0.2, -0.15) is 5.26 Å². The normalized spacial score (nSPS) is 22.0. The number of ketones is 1. The van der Waals surface area contributed by atoms with Crippen LogP contribution in [0.1, 0.15) is 30.0 Å². The largest absolute Gasteiger partial charge is 0.482 e. The van der Waals surface area contributed by atoms with Crippen molar-refractivity contribution in [3.05, 3.63) is 75.1 Å². The summed E-state index contributed by atoms with van der Waals surface area (Å²) in [6.45, 7) is 1.90. The van der Waals surface area contributed by atoms with Gasteiger partial charge >= 0.3 is 0 Å². The Labute approximate surface area is 196 Å². The number of Topliss-reactive ketones (excluding diaryl/α,β-unsaturated/α-hetero) is 1. The van der Waals surface area contributed by atoms with Crippen molar-refractivity contribution in [2.75, 3.05) is 13.7 Å². The predicted octanol–water partition coefficient (Wildman–Crippen LogP) is 3.95. The molecule has 0 aliphatic carbocycles. The van der Waals surface area contributed by atoms with Gasteiger partial charge < -0.3 is 15.0 Å². The van der Waals surface area contributed by atoms with Crippen molar-refractivity contribution in [3.8, 4) is 6.07 Å². The number of nitriles is 1. The maximum absolute atomic E-state index is 14.0. The Morgan fingerprint density at radius 2 is 1.91 bits per heavy atom. The van der Waals surface area contributed by atoms with Gasteiger partial charge in [0.2, 0.25) is 11.8 Å². The molecule has 1 fully saturated rings. The van der Waals surface area contributed by atoms with E-state index in [4.69, 9.17) is 33.2 Å². The zero-order valence-electron chi connectivity index (χ0n) is 17.6. The van der Waals surface area contributed by atoms with Gasteiger partial charge in [0.05, 0.1) is 24.3 Å². The van der Waals surface area contributed by atoms with Gasteiger partial charge in [0.25, 0.3) is 0 Å². The van der Waals surface area contributed by atoms with Gasteiger partial charge in [0.1, 0.15) is 5.54 Å². The van der Waals surface area contributed by atoms with Crippen LogP contribution in [-0.4, -0.2) is 41.8 Å². The van der Waals surface area contributed by atoms with Gasteiger partial charge in [0.15, 0.2) is 5.78 Å². The van der Waals surface area contributed by atoms with Crippen LogP contribution < -0.4 is 5.32 Å². The minimum atomic E-state index is -0.934. The number of nitrogens with one attached hydrogen (secondary N) is 1. The van der Waals surface area contributed by atoms with Crippen LogP contribution in [0.5, 0.6) is 0 Å². The Morgan fingerprint density at radius 1 is 1.25 bits per heavy atom. The predicted molar refractivity (Wildman–Crippen MR) is 122 cm³/mol. The van der Waals surface area contributed by atoms with E-state index in [2.05, 4.69) is 11.4 Å². The summed E-state index contributed by atoms with van der Waals surface area (Å²) in [5.74, 6) is 0.182. The molecule has 0 spiro atoms. The summed E-state index contributed by atoms with van der Waals surface area (Å²) in [4.78, 5) is 27.7. The van der Waals surface area contributed by atoms with E-state index in [9.17, 15) is 9.59 Å². The number of nitrogens with zero attached hydrogens (tertiary/aromatic N) is 2. The summed E-state index contributed by atoms with van der Waals surface area (Å²) in [5, 5.41) is 12.9. The number of carbonyl (C=O) groups excluding carboxylic acids is 2. The minimum absolute atomic E-state index is 0.107. The van der Waals surface area contributed by atoms with E-state index in [1.807, 2.05) is 17.0 Å². The molecule has 2 atom stereocenters. The monoisotopic (exact) mass is 469 g/mol. The maximum Gasteiger partial charge on any atom is 0.217 e. The van der Waals surface area contributed by atoms with Gasteiger partial charge in [0, 0.05) is 42.4 Å². The van der Waals surface area contributed by atoms with Crippen LogP contribution in [0.4, 0.5) is 0 Å². The molecule has 0 radical (unpaired) electrons. The standard InChI is InChI=1S/C24H21Cl2N3O3/c1-14(30)28-20-11-24(10-15-3-5-16(12-27)6-4-15)22(31)21(23(32-2)29(24)13-20)17-7-18(25)9-19(26)8-17/h3-9,20H,10-11,13H2,1-2H3,(H,28,30). The van der Waals surface area contributed by atoms with Crippen molar-refractivity contribution in [1.29, 1.82) is 5.26 Å². The molecule has 6 nitrogen and oxygen atoms in total. The summed E-state index contributed by atoms with van der Waals surface area (Å²) < 4.78 is 5.74. The summed E-state index contributed by atoms with van der Waals surface area (Å²) >= 11 is 12.4. The van der Waals surface area contributed by atoms with Gasteiger partial charge in [-0.15, -0.1) is 0 Å². The number of amides is 1. The third-order valence-electron chi connectivity index (χ3n) is 5.94. The fourth-order valence-corrected chi connectivity index (χ4v) is 5.29. The lowest BCUT2D eigenvalue weighted by Gasteiger charge is -2.32. The number of fused-ring (bicyclic) bond motifs is 1. The first-order valence-electron chi connectivity index (χ1n) is 10.1. The number of benzene rings is 2. The topological polar surface area (TPSA) is 82.4 Å². The van der Waals surface area contributed by atoms with Crippen LogP contribution in [-0.2, 0) is 20.7 Å². The molecule has 0 aromatic heterocycles. The number of methoxy groups -OCH3 is 1. The molecule has 0 bridgehead atoms. The third-order valence-corrected chi connectivity index (χ3v) is 6.38. The molecule has 2 aliphatic heterocycles.